The fourth-order valence-corrected chi connectivity index (χ4v) is 2.52. The summed E-state index contributed by atoms with van der Waals surface area (Å²) >= 11 is 0. The van der Waals surface area contributed by atoms with Crippen molar-refractivity contribution in [3.8, 4) is 5.75 Å². The predicted molar refractivity (Wildman–Crippen MR) is 95.6 cm³/mol. The third kappa shape index (κ3) is 6.30. The lowest BCUT2D eigenvalue weighted by Crippen LogP contribution is -2.26. The molecule has 0 aliphatic heterocycles. The van der Waals surface area contributed by atoms with Crippen LogP contribution in [0.4, 0.5) is 0 Å². The molecule has 1 atom stereocenters. The molecule has 1 amide bonds. The minimum Gasteiger partial charge on any atom is -0.482 e. The van der Waals surface area contributed by atoms with E-state index in [-0.39, 0.29) is 18.6 Å². The smallest absolute Gasteiger partial charge is 0.341 e. The Hall–Kier alpha value is -2.82. The first-order chi connectivity index (χ1) is 11.9. The fraction of sp³-hybridized carbons (Fsp3) is 0.300. The van der Waals surface area contributed by atoms with Gasteiger partial charge in [-0.1, -0.05) is 42.0 Å². The molecule has 0 radical (unpaired) electrons. The van der Waals surface area contributed by atoms with Gasteiger partial charge in [0, 0.05) is 6.42 Å². The van der Waals surface area contributed by atoms with Gasteiger partial charge in [0.1, 0.15) is 5.75 Å². The van der Waals surface area contributed by atoms with E-state index in [1.54, 1.807) is 12.1 Å². The second-order valence-electron chi connectivity index (χ2n) is 6.03. The zero-order valence-electron chi connectivity index (χ0n) is 14.5. The summed E-state index contributed by atoms with van der Waals surface area (Å²) in [5.74, 6) is -0.525. The standard InChI is InChI=1S/C20H23NO4/c1-14-4-3-5-16(12-14)6-11-19(22)21-15(2)17-7-9-18(10-8-17)25-13-20(23)24/h3-5,7-10,12,15H,6,11,13H2,1-2H3,(H,21,22)(H,23,24). The number of rotatable bonds is 8. The molecule has 0 saturated carbocycles. The van der Waals surface area contributed by atoms with Gasteiger partial charge < -0.3 is 15.2 Å². The maximum absolute atomic E-state index is 12.1. The van der Waals surface area contributed by atoms with Crippen molar-refractivity contribution in [2.24, 2.45) is 0 Å². The average molecular weight is 341 g/mol. The lowest BCUT2D eigenvalue weighted by molar-refractivity contribution is -0.139. The van der Waals surface area contributed by atoms with Gasteiger partial charge >= 0.3 is 5.97 Å². The van der Waals surface area contributed by atoms with Crippen LogP contribution in [0.3, 0.4) is 0 Å². The van der Waals surface area contributed by atoms with Crippen molar-refractivity contribution in [1.29, 1.82) is 0 Å². The Morgan fingerprint density at radius 1 is 1.16 bits per heavy atom. The molecule has 0 aromatic heterocycles. The molecule has 0 spiro atoms. The molecule has 0 heterocycles. The summed E-state index contributed by atoms with van der Waals surface area (Å²) in [5, 5.41) is 11.6. The summed E-state index contributed by atoms with van der Waals surface area (Å²) in [6.45, 7) is 3.58. The Morgan fingerprint density at radius 2 is 1.88 bits per heavy atom. The number of carbonyl (C=O) groups excluding carboxylic acids is 1. The van der Waals surface area contributed by atoms with Crippen LogP contribution in [0.5, 0.6) is 5.75 Å². The molecular formula is C20H23NO4. The summed E-state index contributed by atoms with van der Waals surface area (Å²) < 4.78 is 5.09. The van der Waals surface area contributed by atoms with Gasteiger partial charge in [0.2, 0.25) is 5.91 Å². The highest BCUT2D eigenvalue weighted by Gasteiger charge is 2.10. The van der Waals surface area contributed by atoms with Crippen molar-refractivity contribution in [2.45, 2.75) is 32.7 Å². The SMILES string of the molecule is Cc1cccc(CCC(=O)NC(C)c2ccc(OCC(=O)O)cc2)c1. The van der Waals surface area contributed by atoms with Gasteiger partial charge in [0.15, 0.2) is 6.61 Å². The molecule has 132 valence electrons. The third-order valence-electron chi connectivity index (χ3n) is 3.84. The van der Waals surface area contributed by atoms with Crippen LogP contribution in [0.25, 0.3) is 0 Å². The molecule has 0 aliphatic carbocycles. The summed E-state index contributed by atoms with van der Waals surface area (Å²) in [7, 11) is 0. The van der Waals surface area contributed by atoms with Crippen LogP contribution in [0.1, 0.15) is 36.1 Å². The van der Waals surface area contributed by atoms with Gasteiger partial charge in [0.25, 0.3) is 0 Å². The second kappa shape index (κ2) is 8.87. The van der Waals surface area contributed by atoms with E-state index >= 15 is 0 Å². The van der Waals surface area contributed by atoms with E-state index in [0.29, 0.717) is 18.6 Å². The molecule has 0 aliphatic rings. The topological polar surface area (TPSA) is 75.6 Å². The van der Waals surface area contributed by atoms with Gasteiger partial charge in [-0.15, -0.1) is 0 Å². The fourth-order valence-electron chi connectivity index (χ4n) is 2.52. The molecule has 1 unspecified atom stereocenters. The van der Waals surface area contributed by atoms with Crippen molar-refractivity contribution in [3.63, 3.8) is 0 Å². The first-order valence-electron chi connectivity index (χ1n) is 8.23. The number of hydrogen-bond donors (Lipinski definition) is 2. The number of nitrogens with one attached hydrogen (secondary N) is 1. The largest absolute Gasteiger partial charge is 0.482 e. The van der Waals surface area contributed by atoms with Crippen LogP contribution in [-0.4, -0.2) is 23.6 Å². The first kappa shape index (κ1) is 18.5. The average Bonchev–Trinajstić information content (AvgIpc) is 2.58. The molecule has 2 aromatic rings. The number of carbonyl (C=O) groups is 2. The highest BCUT2D eigenvalue weighted by Crippen LogP contribution is 2.18. The van der Waals surface area contributed by atoms with Crippen molar-refractivity contribution in [1.82, 2.24) is 5.32 Å². The molecule has 25 heavy (non-hydrogen) atoms. The zero-order chi connectivity index (χ0) is 18.2. The zero-order valence-corrected chi connectivity index (χ0v) is 14.5. The van der Waals surface area contributed by atoms with Crippen LogP contribution in [0.15, 0.2) is 48.5 Å². The monoisotopic (exact) mass is 341 g/mol. The Balaban J connectivity index is 1.82. The summed E-state index contributed by atoms with van der Waals surface area (Å²) in [5.41, 5.74) is 3.28. The summed E-state index contributed by atoms with van der Waals surface area (Å²) in [6.07, 6.45) is 1.15. The van der Waals surface area contributed by atoms with Crippen molar-refractivity contribution < 1.29 is 19.4 Å². The van der Waals surface area contributed by atoms with Crippen molar-refractivity contribution in [3.05, 3.63) is 65.2 Å². The van der Waals surface area contributed by atoms with Crippen molar-refractivity contribution >= 4 is 11.9 Å². The third-order valence-corrected chi connectivity index (χ3v) is 3.84. The Morgan fingerprint density at radius 3 is 2.52 bits per heavy atom. The number of carboxylic acid groups (broad SMARTS) is 1. The molecule has 0 fully saturated rings. The number of benzene rings is 2. The maximum atomic E-state index is 12.1. The molecule has 0 bridgehead atoms. The van der Waals surface area contributed by atoms with Crippen LogP contribution in [-0.2, 0) is 16.0 Å². The number of hydrogen-bond acceptors (Lipinski definition) is 3. The minimum atomic E-state index is -1.02. The van der Waals surface area contributed by atoms with E-state index in [2.05, 4.69) is 11.4 Å². The quantitative estimate of drug-likeness (QED) is 0.773. The molecule has 2 rings (SSSR count). The van der Waals surface area contributed by atoms with Crippen LogP contribution < -0.4 is 10.1 Å². The first-order valence-corrected chi connectivity index (χ1v) is 8.23. The Bertz CT molecular complexity index is 725. The number of carboxylic acids is 1. The van der Waals surface area contributed by atoms with E-state index in [4.69, 9.17) is 9.84 Å². The van der Waals surface area contributed by atoms with Gasteiger partial charge in [-0.05, 0) is 43.5 Å². The molecule has 0 saturated heterocycles. The van der Waals surface area contributed by atoms with Crippen LogP contribution in [0.2, 0.25) is 0 Å². The molecule has 5 nitrogen and oxygen atoms in total. The van der Waals surface area contributed by atoms with Gasteiger partial charge in [-0.2, -0.15) is 0 Å². The predicted octanol–water partition coefficient (Wildman–Crippen LogP) is 3.27. The Kier molecular flexibility index (Phi) is 6.57. The molecule has 2 aromatic carbocycles. The summed E-state index contributed by atoms with van der Waals surface area (Å²) in [6, 6.07) is 15.1. The lowest BCUT2D eigenvalue weighted by atomic mass is 10.1. The lowest BCUT2D eigenvalue weighted by Gasteiger charge is -2.15. The Labute approximate surface area is 147 Å². The van der Waals surface area contributed by atoms with Crippen LogP contribution >= 0.6 is 0 Å². The van der Waals surface area contributed by atoms with Gasteiger partial charge in [-0.25, -0.2) is 4.79 Å². The number of aryl methyl sites for hydroxylation is 2. The van der Waals surface area contributed by atoms with E-state index in [1.165, 1.54) is 5.56 Å². The number of ether oxygens (including phenoxy) is 1. The van der Waals surface area contributed by atoms with E-state index in [1.807, 2.05) is 44.2 Å². The van der Waals surface area contributed by atoms with Crippen LogP contribution in [0, 0.1) is 6.92 Å². The number of amides is 1. The molecule has 2 N–H and O–H groups in total. The van der Waals surface area contributed by atoms with Crippen molar-refractivity contribution in [2.75, 3.05) is 6.61 Å². The summed E-state index contributed by atoms with van der Waals surface area (Å²) in [4.78, 5) is 22.6. The molecular weight excluding hydrogens is 318 g/mol. The van der Waals surface area contributed by atoms with E-state index in [0.717, 1.165) is 11.1 Å². The second-order valence-corrected chi connectivity index (χ2v) is 6.03. The van der Waals surface area contributed by atoms with Gasteiger partial charge in [-0.3, -0.25) is 4.79 Å². The molecule has 5 heteroatoms. The van der Waals surface area contributed by atoms with E-state index in [9.17, 15) is 9.59 Å². The maximum Gasteiger partial charge on any atom is 0.341 e. The highest BCUT2D eigenvalue weighted by atomic mass is 16.5. The minimum absolute atomic E-state index is 0.000194. The van der Waals surface area contributed by atoms with E-state index < -0.39 is 5.97 Å². The normalized spacial score (nSPS) is 11.6. The highest BCUT2D eigenvalue weighted by molar-refractivity contribution is 5.76. The number of aliphatic carboxylic acids is 1. The van der Waals surface area contributed by atoms with Gasteiger partial charge in [0.05, 0.1) is 6.04 Å².